The van der Waals surface area contributed by atoms with Crippen LogP contribution in [0.3, 0.4) is 0 Å². The molecule has 0 aliphatic carbocycles. The highest BCUT2D eigenvalue weighted by Crippen LogP contribution is 2.18. The van der Waals surface area contributed by atoms with Crippen LogP contribution in [0.4, 0.5) is 0 Å². The van der Waals surface area contributed by atoms with Gasteiger partial charge in [-0.15, -0.1) is 0 Å². The molecule has 0 aliphatic rings. The van der Waals surface area contributed by atoms with Crippen LogP contribution in [0.1, 0.15) is 10.4 Å². The number of aryl methyl sites for hydroxylation is 2. The van der Waals surface area contributed by atoms with Gasteiger partial charge in [-0.3, -0.25) is 4.68 Å². The molecule has 0 atom stereocenters. The first kappa shape index (κ1) is 9.38. The lowest BCUT2D eigenvalue weighted by atomic mass is 10.2. The van der Waals surface area contributed by atoms with Crippen LogP contribution in [0.25, 0.3) is 11.4 Å². The fourth-order valence-corrected chi connectivity index (χ4v) is 1.29. The molecule has 0 bridgehead atoms. The van der Waals surface area contributed by atoms with E-state index in [0.717, 1.165) is 0 Å². The van der Waals surface area contributed by atoms with Gasteiger partial charge >= 0.3 is 5.97 Å². The van der Waals surface area contributed by atoms with Crippen molar-refractivity contribution in [3.05, 3.63) is 18.0 Å². The zero-order valence-electron chi connectivity index (χ0n) is 8.25. The number of aromatic carboxylic acids is 1. The topological polar surface area (TPSA) is 85.8 Å². The molecular formula is C8H9N5O2. The van der Waals surface area contributed by atoms with Crippen molar-refractivity contribution in [1.82, 2.24) is 24.8 Å². The lowest BCUT2D eigenvalue weighted by Gasteiger charge is -1.91. The lowest BCUT2D eigenvalue weighted by molar-refractivity contribution is 0.0697. The third kappa shape index (κ3) is 1.58. The van der Waals surface area contributed by atoms with Gasteiger partial charge in [0.05, 0.1) is 6.20 Å². The summed E-state index contributed by atoms with van der Waals surface area (Å²) in [5, 5.41) is 20.8. The van der Waals surface area contributed by atoms with E-state index < -0.39 is 5.97 Å². The molecule has 78 valence electrons. The molecule has 0 spiro atoms. The minimum absolute atomic E-state index is 0.123. The lowest BCUT2D eigenvalue weighted by Crippen LogP contribution is -1.97. The van der Waals surface area contributed by atoms with Crippen LogP contribution in [0.5, 0.6) is 0 Å². The van der Waals surface area contributed by atoms with Gasteiger partial charge in [0.2, 0.25) is 0 Å². The zero-order valence-corrected chi connectivity index (χ0v) is 8.25. The predicted molar refractivity (Wildman–Crippen MR) is 50.2 cm³/mol. The fraction of sp³-hybridized carbons (Fsp3) is 0.250. The number of hydrogen-bond acceptors (Lipinski definition) is 4. The molecular weight excluding hydrogens is 198 g/mol. The van der Waals surface area contributed by atoms with Gasteiger partial charge in [-0.05, 0) is 0 Å². The van der Waals surface area contributed by atoms with Crippen molar-refractivity contribution in [2.45, 2.75) is 0 Å². The first-order chi connectivity index (χ1) is 7.08. The summed E-state index contributed by atoms with van der Waals surface area (Å²) in [5.74, 6) is -1.02. The Labute approximate surface area is 84.9 Å². The summed E-state index contributed by atoms with van der Waals surface area (Å²) in [6, 6.07) is 0. The normalized spacial score (nSPS) is 10.5. The predicted octanol–water partition coefficient (Wildman–Crippen LogP) is -0.0862. The Kier molecular flexibility index (Phi) is 2.00. The van der Waals surface area contributed by atoms with E-state index in [0.29, 0.717) is 11.4 Å². The summed E-state index contributed by atoms with van der Waals surface area (Å²) in [7, 11) is 3.32. The monoisotopic (exact) mass is 207 g/mol. The summed E-state index contributed by atoms with van der Waals surface area (Å²) < 4.78 is 1.44. The van der Waals surface area contributed by atoms with E-state index in [2.05, 4.69) is 15.3 Å². The molecule has 0 saturated carbocycles. The minimum Gasteiger partial charge on any atom is -0.478 e. The van der Waals surface area contributed by atoms with Crippen molar-refractivity contribution in [3.63, 3.8) is 0 Å². The van der Waals surface area contributed by atoms with Crippen LogP contribution in [0.2, 0.25) is 0 Å². The maximum atomic E-state index is 10.9. The molecule has 0 fully saturated rings. The van der Waals surface area contributed by atoms with E-state index >= 15 is 0 Å². The van der Waals surface area contributed by atoms with Crippen molar-refractivity contribution in [2.24, 2.45) is 14.1 Å². The van der Waals surface area contributed by atoms with Crippen molar-refractivity contribution >= 4 is 5.97 Å². The van der Waals surface area contributed by atoms with Crippen molar-refractivity contribution in [2.75, 3.05) is 0 Å². The van der Waals surface area contributed by atoms with E-state index in [4.69, 9.17) is 5.11 Å². The van der Waals surface area contributed by atoms with Gasteiger partial charge in [-0.2, -0.15) is 20.1 Å². The molecule has 0 aromatic carbocycles. The van der Waals surface area contributed by atoms with Crippen LogP contribution >= 0.6 is 0 Å². The fourth-order valence-electron chi connectivity index (χ4n) is 1.29. The average Bonchev–Trinajstić information content (AvgIpc) is 2.71. The summed E-state index contributed by atoms with van der Waals surface area (Å²) >= 11 is 0. The molecule has 2 aromatic rings. The molecule has 0 saturated heterocycles. The maximum Gasteiger partial charge on any atom is 0.339 e. The Morgan fingerprint density at radius 1 is 1.40 bits per heavy atom. The third-order valence-electron chi connectivity index (χ3n) is 1.90. The van der Waals surface area contributed by atoms with Gasteiger partial charge in [-0.25, -0.2) is 4.79 Å². The van der Waals surface area contributed by atoms with Gasteiger partial charge in [0.1, 0.15) is 17.0 Å². The zero-order chi connectivity index (χ0) is 11.0. The minimum atomic E-state index is -1.02. The van der Waals surface area contributed by atoms with E-state index in [9.17, 15) is 4.79 Å². The molecule has 2 rings (SSSR count). The van der Waals surface area contributed by atoms with E-state index in [1.54, 1.807) is 14.1 Å². The van der Waals surface area contributed by atoms with E-state index in [1.807, 2.05) is 0 Å². The van der Waals surface area contributed by atoms with Gasteiger partial charge in [0, 0.05) is 20.3 Å². The molecule has 7 nitrogen and oxygen atoms in total. The van der Waals surface area contributed by atoms with Crippen LogP contribution in [0, 0.1) is 0 Å². The Hall–Kier alpha value is -2.18. The second-order valence-corrected chi connectivity index (χ2v) is 3.09. The molecule has 0 unspecified atom stereocenters. The van der Waals surface area contributed by atoms with Gasteiger partial charge in [0.25, 0.3) is 0 Å². The molecule has 15 heavy (non-hydrogen) atoms. The smallest absolute Gasteiger partial charge is 0.339 e. The quantitative estimate of drug-likeness (QED) is 0.744. The molecule has 2 heterocycles. The highest BCUT2D eigenvalue weighted by Gasteiger charge is 2.18. The van der Waals surface area contributed by atoms with Crippen LogP contribution in [0.15, 0.2) is 12.4 Å². The Bertz CT molecular complexity index is 513. The molecule has 0 radical (unpaired) electrons. The first-order valence-corrected chi connectivity index (χ1v) is 4.21. The van der Waals surface area contributed by atoms with Crippen LogP contribution in [-0.4, -0.2) is 35.9 Å². The highest BCUT2D eigenvalue weighted by molar-refractivity contribution is 5.93. The average molecular weight is 207 g/mol. The third-order valence-corrected chi connectivity index (χ3v) is 1.90. The molecule has 1 N–H and O–H groups in total. The second-order valence-electron chi connectivity index (χ2n) is 3.09. The maximum absolute atomic E-state index is 10.9. The first-order valence-electron chi connectivity index (χ1n) is 4.21. The van der Waals surface area contributed by atoms with E-state index in [1.165, 1.54) is 21.9 Å². The SMILES string of the molecule is Cn1cc(C(=O)O)c(-c2cnn(C)n2)n1. The highest BCUT2D eigenvalue weighted by atomic mass is 16.4. The van der Waals surface area contributed by atoms with Crippen molar-refractivity contribution in [1.29, 1.82) is 0 Å². The Morgan fingerprint density at radius 3 is 2.67 bits per heavy atom. The number of hydrogen-bond donors (Lipinski definition) is 1. The molecule has 2 aromatic heterocycles. The summed E-state index contributed by atoms with van der Waals surface area (Å²) in [6.07, 6.45) is 2.92. The van der Waals surface area contributed by atoms with E-state index in [-0.39, 0.29) is 5.56 Å². The summed E-state index contributed by atoms with van der Waals surface area (Å²) in [5.41, 5.74) is 0.909. The number of carbonyl (C=O) groups is 1. The van der Waals surface area contributed by atoms with Crippen LogP contribution in [-0.2, 0) is 14.1 Å². The second kappa shape index (κ2) is 3.19. The Morgan fingerprint density at radius 2 is 2.13 bits per heavy atom. The van der Waals surface area contributed by atoms with Gasteiger partial charge < -0.3 is 5.11 Å². The number of rotatable bonds is 2. The number of carboxylic acids is 1. The number of carboxylic acid groups (broad SMARTS) is 1. The Balaban J connectivity index is 2.56. The van der Waals surface area contributed by atoms with Crippen molar-refractivity contribution < 1.29 is 9.90 Å². The standard InChI is InChI=1S/C8H9N5O2/c1-12-4-5(8(14)15)7(11-12)6-3-9-13(2)10-6/h3-4H,1-2H3,(H,14,15). The molecule has 0 amide bonds. The largest absolute Gasteiger partial charge is 0.478 e. The number of nitrogens with zero attached hydrogens (tertiary/aromatic N) is 5. The summed E-state index contributed by atoms with van der Waals surface area (Å²) in [4.78, 5) is 12.3. The van der Waals surface area contributed by atoms with Gasteiger partial charge in [0.15, 0.2) is 0 Å². The molecule has 7 heteroatoms. The van der Waals surface area contributed by atoms with Gasteiger partial charge in [-0.1, -0.05) is 0 Å². The number of aromatic nitrogens is 5. The van der Waals surface area contributed by atoms with Crippen molar-refractivity contribution in [3.8, 4) is 11.4 Å². The summed E-state index contributed by atoms with van der Waals surface area (Å²) in [6.45, 7) is 0. The molecule has 0 aliphatic heterocycles. The van der Waals surface area contributed by atoms with Crippen LogP contribution < -0.4 is 0 Å².